The summed E-state index contributed by atoms with van der Waals surface area (Å²) < 4.78 is 0. The highest BCUT2D eigenvalue weighted by atomic mass is 14.1. The van der Waals surface area contributed by atoms with E-state index >= 15 is 0 Å². The Bertz CT molecular complexity index is 1230. The highest BCUT2D eigenvalue weighted by Crippen LogP contribution is 2.25. The zero-order valence-corrected chi connectivity index (χ0v) is 20.8. The van der Waals surface area contributed by atoms with Crippen LogP contribution in [0.2, 0.25) is 0 Å². The molecule has 0 atom stereocenters. The number of rotatable bonds is 11. The zero-order chi connectivity index (χ0) is 23.4. The Labute approximate surface area is 206 Å². The summed E-state index contributed by atoms with van der Waals surface area (Å²) in [6, 6.07) is 28.4. The molecule has 0 N–H and O–H groups in total. The van der Waals surface area contributed by atoms with E-state index in [1.807, 2.05) is 0 Å². The van der Waals surface area contributed by atoms with Gasteiger partial charge in [0.05, 0.1) is 0 Å². The predicted octanol–water partition coefficient (Wildman–Crippen LogP) is 9.86. The van der Waals surface area contributed by atoms with Crippen molar-refractivity contribution in [2.45, 2.75) is 77.6 Å². The van der Waals surface area contributed by atoms with Gasteiger partial charge in [0.15, 0.2) is 0 Å². The zero-order valence-electron chi connectivity index (χ0n) is 20.8. The average Bonchev–Trinajstić information content (AvgIpc) is 2.88. The Morgan fingerprint density at radius 3 is 1.85 bits per heavy atom. The van der Waals surface area contributed by atoms with Crippen LogP contribution in [-0.4, -0.2) is 0 Å². The summed E-state index contributed by atoms with van der Waals surface area (Å²) in [5, 5.41) is 5.02. The molecule has 0 aliphatic heterocycles. The molecule has 0 spiro atoms. The third-order valence-corrected chi connectivity index (χ3v) is 6.86. The molecule has 4 aromatic rings. The minimum absolute atomic E-state index is 1.09. The third-order valence-electron chi connectivity index (χ3n) is 6.86. The van der Waals surface area contributed by atoms with E-state index in [4.69, 9.17) is 0 Å². The van der Waals surface area contributed by atoms with Crippen molar-refractivity contribution in [3.05, 3.63) is 95.6 Å². The van der Waals surface area contributed by atoms with Gasteiger partial charge in [-0.1, -0.05) is 125 Å². The van der Waals surface area contributed by atoms with Gasteiger partial charge in [-0.15, -0.1) is 0 Å². The fourth-order valence-corrected chi connectivity index (χ4v) is 4.79. The summed E-state index contributed by atoms with van der Waals surface area (Å²) in [5.74, 6) is 6.81. The molecule has 0 heteroatoms. The van der Waals surface area contributed by atoms with Crippen LogP contribution in [0.3, 0.4) is 0 Å². The van der Waals surface area contributed by atoms with Crippen LogP contribution in [0.15, 0.2) is 78.9 Å². The second-order valence-corrected chi connectivity index (χ2v) is 9.60. The first-order valence-corrected chi connectivity index (χ1v) is 13.4. The second kappa shape index (κ2) is 13.0. The number of aryl methyl sites for hydroxylation is 1. The van der Waals surface area contributed by atoms with Gasteiger partial charge in [-0.2, -0.15) is 0 Å². The Balaban J connectivity index is 1.27. The Morgan fingerprint density at radius 2 is 1.15 bits per heavy atom. The van der Waals surface area contributed by atoms with Crippen LogP contribution in [0.4, 0.5) is 0 Å². The fourth-order valence-electron chi connectivity index (χ4n) is 4.79. The molecule has 0 bridgehead atoms. The van der Waals surface area contributed by atoms with Crippen LogP contribution in [0, 0.1) is 11.8 Å². The van der Waals surface area contributed by atoms with E-state index in [1.54, 1.807) is 0 Å². The molecule has 0 aliphatic rings. The lowest BCUT2D eigenvalue weighted by molar-refractivity contribution is 0.556. The van der Waals surface area contributed by atoms with Gasteiger partial charge >= 0.3 is 0 Å². The van der Waals surface area contributed by atoms with E-state index in [9.17, 15) is 0 Å². The molecular weight excluding hydrogens is 408 g/mol. The van der Waals surface area contributed by atoms with E-state index in [2.05, 4.69) is 97.6 Å². The monoisotopic (exact) mass is 446 g/mol. The summed E-state index contributed by atoms with van der Waals surface area (Å²) >= 11 is 0. The molecule has 0 aliphatic carbocycles. The summed E-state index contributed by atoms with van der Waals surface area (Å²) in [7, 11) is 0. The first-order chi connectivity index (χ1) is 16.8. The van der Waals surface area contributed by atoms with Gasteiger partial charge in [0.25, 0.3) is 0 Å². The van der Waals surface area contributed by atoms with Crippen LogP contribution in [0.5, 0.6) is 0 Å². The van der Waals surface area contributed by atoms with Crippen molar-refractivity contribution in [1.29, 1.82) is 0 Å². The molecule has 4 aromatic carbocycles. The van der Waals surface area contributed by atoms with E-state index in [-0.39, 0.29) is 0 Å². The highest BCUT2D eigenvalue weighted by Gasteiger charge is 2.01. The summed E-state index contributed by atoms with van der Waals surface area (Å²) in [6.07, 6.45) is 15.1. The lowest BCUT2D eigenvalue weighted by Gasteiger charge is -2.04. The number of hydrogen-bond donors (Lipinski definition) is 0. The fraction of sp³-hybridized carbons (Fsp3) is 0.353. The quantitative estimate of drug-likeness (QED) is 0.122. The Kier molecular flexibility index (Phi) is 9.21. The van der Waals surface area contributed by atoms with Crippen LogP contribution < -0.4 is 0 Å². The van der Waals surface area contributed by atoms with Crippen molar-refractivity contribution in [1.82, 2.24) is 0 Å². The predicted molar refractivity (Wildman–Crippen MR) is 149 cm³/mol. The van der Waals surface area contributed by atoms with E-state index in [0.717, 1.165) is 11.1 Å². The molecule has 4 rings (SSSR count). The molecule has 0 fully saturated rings. The van der Waals surface area contributed by atoms with Gasteiger partial charge in [0.1, 0.15) is 0 Å². The van der Waals surface area contributed by atoms with Crippen molar-refractivity contribution in [2.75, 3.05) is 0 Å². The van der Waals surface area contributed by atoms with Crippen molar-refractivity contribution >= 4 is 21.5 Å². The van der Waals surface area contributed by atoms with E-state index < -0.39 is 0 Å². The number of fused-ring (bicyclic) bond motifs is 2. The molecule has 0 radical (unpaired) electrons. The number of unbranched alkanes of at least 4 members (excludes halogenated alkanes) is 9. The Morgan fingerprint density at radius 1 is 0.529 bits per heavy atom. The highest BCUT2D eigenvalue weighted by molar-refractivity contribution is 6.00. The molecular formula is C34H38. The first kappa shape index (κ1) is 24.1. The van der Waals surface area contributed by atoms with Crippen molar-refractivity contribution in [3.8, 4) is 11.8 Å². The lowest BCUT2D eigenvalue weighted by Crippen LogP contribution is -1.87. The molecule has 0 heterocycles. The van der Waals surface area contributed by atoms with Crippen molar-refractivity contribution in [2.24, 2.45) is 0 Å². The topological polar surface area (TPSA) is 0 Å². The minimum atomic E-state index is 1.09. The molecule has 0 aromatic heterocycles. The normalized spacial score (nSPS) is 11.0. The van der Waals surface area contributed by atoms with Gasteiger partial charge < -0.3 is 0 Å². The van der Waals surface area contributed by atoms with Gasteiger partial charge in [-0.25, -0.2) is 0 Å². The number of benzene rings is 4. The maximum absolute atomic E-state index is 3.43. The SMILES string of the molecule is CCCCCCCCCCCCc1ccc(C#Cc2cccc3cc4ccccc4cc23)cc1. The van der Waals surface area contributed by atoms with E-state index in [1.165, 1.54) is 97.7 Å². The molecule has 0 amide bonds. The van der Waals surface area contributed by atoms with Crippen LogP contribution in [0.1, 0.15) is 87.8 Å². The lowest BCUT2D eigenvalue weighted by atomic mass is 9.99. The Hall–Kier alpha value is -3.04. The van der Waals surface area contributed by atoms with Gasteiger partial charge in [0.2, 0.25) is 0 Å². The van der Waals surface area contributed by atoms with Crippen LogP contribution in [0.25, 0.3) is 21.5 Å². The number of hydrogen-bond acceptors (Lipinski definition) is 0. The van der Waals surface area contributed by atoms with E-state index in [0.29, 0.717) is 0 Å². The average molecular weight is 447 g/mol. The first-order valence-electron chi connectivity index (χ1n) is 13.4. The summed E-state index contributed by atoms with van der Waals surface area (Å²) in [5.41, 5.74) is 3.61. The third kappa shape index (κ3) is 6.98. The largest absolute Gasteiger partial charge is 0.0654 e. The minimum Gasteiger partial charge on any atom is -0.0654 e. The van der Waals surface area contributed by atoms with Gasteiger partial charge in [-0.05, 0) is 70.3 Å². The van der Waals surface area contributed by atoms with Crippen molar-refractivity contribution < 1.29 is 0 Å². The summed E-state index contributed by atoms with van der Waals surface area (Å²) in [6.45, 7) is 2.29. The maximum atomic E-state index is 3.43. The van der Waals surface area contributed by atoms with Gasteiger partial charge in [0, 0.05) is 11.1 Å². The van der Waals surface area contributed by atoms with Crippen LogP contribution >= 0.6 is 0 Å². The molecule has 0 nitrogen and oxygen atoms in total. The molecule has 34 heavy (non-hydrogen) atoms. The van der Waals surface area contributed by atoms with Crippen molar-refractivity contribution in [3.63, 3.8) is 0 Å². The summed E-state index contributed by atoms with van der Waals surface area (Å²) in [4.78, 5) is 0. The smallest absolute Gasteiger partial charge is 0.0327 e. The molecule has 174 valence electrons. The molecule has 0 saturated carbocycles. The van der Waals surface area contributed by atoms with Gasteiger partial charge in [-0.3, -0.25) is 0 Å². The second-order valence-electron chi connectivity index (χ2n) is 9.60. The molecule has 0 unspecified atom stereocenters. The molecule has 0 saturated heterocycles. The standard InChI is InChI=1S/C34H38/c1-2-3-4-5-6-7-8-9-10-11-15-28-20-22-29(23-21-28)24-25-30-18-14-19-33-26-31-16-12-13-17-32(31)27-34(30)33/h12-14,16-23,26-27H,2-11,15H2,1H3. The maximum Gasteiger partial charge on any atom is 0.0327 e. The van der Waals surface area contributed by atoms with Crippen LogP contribution in [-0.2, 0) is 6.42 Å².